The van der Waals surface area contributed by atoms with Crippen LogP contribution in [0.15, 0.2) is 60.9 Å². The number of amides is 1. The molecule has 6 nitrogen and oxygen atoms in total. The number of carbonyl (C=O) groups excluding carboxylic acids is 1. The highest BCUT2D eigenvalue weighted by Gasteiger charge is 2.27. The molecular formula is C22H25ClFN5O. The predicted octanol–water partition coefficient (Wildman–Crippen LogP) is 3.61. The van der Waals surface area contributed by atoms with Crippen LogP contribution in [0.2, 0.25) is 0 Å². The Hall–Kier alpha value is -2.77. The predicted molar refractivity (Wildman–Crippen MR) is 115 cm³/mol. The van der Waals surface area contributed by atoms with Crippen molar-refractivity contribution in [2.24, 2.45) is 0 Å². The van der Waals surface area contributed by atoms with E-state index in [-0.39, 0.29) is 30.2 Å². The second kappa shape index (κ2) is 10.3. The van der Waals surface area contributed by atoms with E-state index in [1.807, 2.05) is 23.1 Å². The van der Waals surface area contributed by atoms with E-state index in [0.717, 1.165) is 38.0 Å². The van der Waals surface area contributed by atoms with Crippen molar-refractivity contribution in [1.82, 2.24) is 25.0 Å². The molecule has 1 aliphatic heterocycles. The minimum absolute atomic E-state index is 0. The molecule has 0 radical (unpaired) electrons. The van der Waals surface area contributed by atoms with Gasteiger partial charge >= 0.3 is 0 Å². The summed E-state index contributed by atoms with van der Waals surface area (Å²) < 4.78 is 14.8. The highest BCUT2D eigenvalue weighted by molar-refractivity contribution is 5.92. The van der Waals surface area contributed by atoms with Gasteiger partial charge in [0, 0.05) is 18.4 Å². The van der Waals surface area contributed by atoms with Crippen molar-refractivity contribution in [3.8, 4) is 5.69 Å². The monoisotopic (exact) mass is 429 g/mol. The number of pyridine rings is 1. The molecule has 1 N–H and O–H groups in total. The van der Waals surface area contributed by atoms with Crippen molar-refractivity contribution in [3.05, 3.63) is 78.1 Å². The van der Waals surface area contributed by atoms with Crippen LogP contribution in [0, 0.1) is 5.82 Å². The number of halogens is 2. The van der Waals surface area contributed by atoms with Gasteiger partial charge in [0.1, 0.15) is 5.82 Å². The average Bonchev–Trinajstić information content (AvgIpc) is 3.09. The Balaban J connectivity index is 0.00000256. The summed E-state index contributed by atoms with van der Waals surface area (Å²) in [6.07, 6.45) is 6.35. The summed E-state index contributed by atoms with van der Waals surface area (Å²) in [5.41, 5.74) is 1.94. The summed E-state index contributed by atoms with van der Waals surface area (Å²) in [6.45, 7) is 2.32. The molecule has 3 heterocycles. The molecule has 30 heavy (non-hydrogen) atoms. The van der Waals surface area contributed by atoms with E-state index in [9.17, 15) is 9.18 Å². The number of hydrogen-bond donors (Lipinski definition) is 1. The molecule has 1 unspecified atom stereocenters. The van der Waals surface area contributed by atoms with Gasteiger partial charge < -0.3 is 10.2 Å². The molecule has 8 heteroatoms. The van der Waals surface area contributed by atoms with Crippen LogP contribution in [0.5, 0.6) is 0 Å². The minimum atomic E-state index is -0.305. The zero-order valence-electron chi connectivity index (χ0n) is 16.6. The maximum absolute atomic E-state index is 13.4. The molecule has 0 spiro atoms. The summed E-state index contributed by atoms with van der Waals surface area (Å²) in [6, 6.07) is 13.6. The number of carbonyl (C=O) groups is 1. The number of nitrogens with one attached hydrogen (secondary N) is 1. The largest absolute Gasteiger partial charge is 0.328 e. The zero-order chi connectivity index (χ0) is 20.1. The molecule has 0 saturated carbocycles. The van der Waals surface area contributed by atoms with Crippen LogP contribution >= 0.6 is 12.4 Å². The molecule has 1 saturated heterocycles. The Morgan fingerprint density at radius 2 is 1.97 bits per heavy atom. The van der Waals surface area contributed by atoms with Crippen LogP contribution in [0.4, 0.5) is 4.39 Å². The molecule has 1 aromatic carbocycles. The van der Waals surface area contributed by atoms with Crippen molar-refractivity contribution < 1.29 is 9.18 Å². The Bertz CT molecular complexity index is 940. The first-order valence-corrected chi connectivity index (χ1v) is 9.94. The van der Waals surface area contributed by atoms with Gasteiger partial charge in [-0.1, -0.05) is 6.07 Å². The fourth-order valence-corrected chi connectivity index (χ4v) is 3.67. The first-order valence-electron chi connectivity index (χ1n) is 9.94. The molecular weight excluding hydrogens is 405 g/mol. The van der Waals surface area contributed by atoms with E-state index >= 15 is 0 Å². The SMILES string of the molecule is Cl.O=C(c1ccn(-c2ccc(F)cc2)n1)N(Cc1ccccn1)C1CCCNCC1. The summed E-state index contributed by atoms with van der Waals surface area (Å²) >= 11 is 0. The molecule has 3 aromatic rings. The third kappa shape index (κ3) is 5.23. The average molecular weight is 430 g/mol. The van der Waals surface area contributed by atoms with Gasteiger partial charge in [0.15, 0.2) is 5.69 Å². The standard InChI is InChI=1S/C22H24FN5O.ClH/c23-17-6-8-20(9-7-17)28-15-11-21(26-28)22(29)27(16-18-4-1-2-13-25-18)19-5-3-12-24-14-10-19;/h1-2,4,6-9,11,13,15,19,24H,3,5,10,12,14,16H2;1H. The lowest BCUT2D eigenvalue weighted by molar-refractivity contribution is 0.0635. The molecule has 1 fully saturated rings. The maximum Gasteiger partial charge on any atom is 0.274 e. The quantitative estimate of drug-likeness (QED) is 0.673. The smallest absolute Gasteiger partial charge is 0.274 e. The molecule has 158 valence electrons. The molecule has 0 bridgehead atoms. The van der Waals surface area contributed by atoms with Gasteiger partial charge in [0.25, 0.3) is 5.91 Å². The van der Waals surface area contributed by atoms with Crippen LogP contribution in [-0.4, -0.2) is 44.7 Å². The highest BCUT2D eigenvalue weighted by Crippen LogP contribution is 2.19. The zero-order valence-corrected chi connectivity index (χ0v) is 17.4. The van der Waals surface area contributed by atoms with Gasteiger partial charge in [-0.15, -0.1) is 12.4 Å². The third-order valence-electron chi connectivity index (χ3n) is 5.20. The van der Waals surface area contributed by atoms with Crippen LogP contribution in [0.3, 0.4) is 0 Å². The van der Waals surface area contributed by atoms with Gasteiger partial charge in [-0.05, 0) is 74.8 Å². The molecule has 2 aromatic heterocycles. The van der Waals surface area contributed by atoms with E-state index in [1.54, 1.807) is 35.3 Å². The Morgan fingerprint density at radius 1 is 1.13 bits per heavy atom. The number of benzene rings is 1. The first kappa shape index (κ1) is 21.9. The molecule has 0 aliphatic carbocycles. The highest BCUT2D eigenvalue weighted by atomic mass is 35.5. The molecule has 4 rings (SSSR count). The summed E-state index contributed by atoms with van der Waals surface area (Å²) in [5.74, 6) is -0.413. The summed E-state index contributed by atoms with van der Waals surface area (Å²) in [5, 5.41) is 7.86. The van der Waals surface area contributed by atoms with E-state index in [2.05, 4.69) is 15.4 Å². The van der Waals surface area contributed by atoms with E-state index in [1.165, 1.54) is 12.1 Å². The number of rotatable bonds is 5. The normalized spacial score (nSPS) is 16.4. The lowest BCUT2D eigenvalue weighted by Gasteiger charge is -2.30. The van der Waals surface area contributed by atoms with Gasteiger partial charge in [0.05, 0.1) is 17.9 Å². The summed E-state index contributed by atoms with van der Waals surface area (Å²) in [7, 11) is 0. The Labute approximate surface area is 181 Å². The second-order valence-electron chi connectivity index (χ2n) is 7.21. The van der Waals surface area contributed by atoms with E-state index in [0.29, 0.717) is 17.9 Å². The van der Waals surface area contributed by atoms with E-state index in [4.69, 9.17) is 0 Å². The molecule has 1 amide bonds. The first-order chi connectivity index (χ1) is 14.2. The van der Waals surface area contributed by atoms with Gasteiger partial charge in [-0.3, -0.25) is 9.78 Å². The maximum atomic E-state index is 13.4. The number of nitrogens with zero attached hydrogens (tertiary/aromatic N) is 4. The number of aromatic nitrogens is 3. The third-order valence-corrected chi connectivity index (χ3v) is 5.20. The van der Waals surface area contributed by atoms with Crippen LogP contribution in [-0.2, 0) is 6.54 Å². The van der Waals surface area contributed by atoms with Gasteiger partial charge in [-0.2, -0.15) is 5.10 Å². The van der Waals surface area contributed by atoms with Crippen molar-refractivity contribution in [1.29, 1.82) is 0 Å². The Morgan fingerprint density at radius 3 is 2.73 bits per heavy atom. The van der Waals surface area contributed by atoms with Crippen molar-refractivity contribution >= 4 is 18.3 Å². The summed E-state index contributed by atoms with van der Waals surface area (Å²) in [4.78, 5) is 19.7. The molecule has 1 aliphatic rings. The van der Waals surface area contributed by atoms with Crippen LogP contribution in [0.25, 0.3) is 5.69 Å². The van der Waals surface area contributed by atoms with Gasteiger partial charge in [0.2, 0.25) is 0 Å². The topological polar surface area (TPSA) is 63.1 Å². The minimum Gasteiger partial charge on any atom is -0.328 e. The second-order valence-corrected chi connectivity index (χ2v) is 7.21. The Kier molecular flexibility index (Phi) is 7.54. The lowest BCUT2D eigenvalue weighted by atomic mass is 10.1. The fraction of sp³-hybridized carbons (Fsp3) is 0.318. The molecule has 1 atom stereocenters. The number of hydrogen-bond acceptors (Lipinski definition) is 4. The van der Waals surface area contributed by atoms with Crippen molar-refractivity contribution in [2.45, 2.75) is 31.8 Å². The van der Waals surface area contributed by atoms with E-state index < -0.39 is 0 Å². The lowest BCUT2D eigenvalue weighted by Crippen LogP contribution is -2.40. The van der Waals surface area contributed by atoms with Crippen LogP contribution in [0.1, 0.15) is 35.4 Å². The van der Waals surface area contributed by atoms with Gasteiger partial charge in [-0.25, -0.2) is 9.07 Å². The van der Waals surface area contributed by atoms with Crippen LogP contribution < -0.4 is 5.32 Å². The van der Waals surface area contributed by atoms with Crippen molar-refractivity contribution in [2.75, 3.05) is 13.1 Å². The fourth-order valence-electron chi connectivity index (χ4n) is 3.67. The van der Waals surface area contributed by atoms with Crippen molar-refractivity contribution in [3.63, 3.8) is 0 Å².